The van der Waals surface area contributed by atoms with Gasteiger partial charge in [-0.3, -0.25) is 0 Å². The third-order valence-electron chi connectivity index (χ3n) is 4.12. The van der Waals surface area contributed by atoms with Gasteiger partial charge in [-0.1, -0.05) is 17.7 Å². The van der Waals surface area contributed by atoms with Gasteiger partial charge in [0, 0.05) is 19.7 Å². The van der Waals surface area contributed by atoms with Crippen molar-refractivity contribution in [3.8, 4) is 5.75 Å². The molecule has 4 heteroatoms. The molecule has 0 amide bonds. The van der Waals surface area contributed by atoms with Gasteiger partial charge in [0.2, 0.25) is 0 Å². The van der Waals surface area contributed by atoms with Crippen LogP contribution in [0, 0.1) is 13.8 Å². The van der Waals surface area contributed by atoms with Gasteiger partial charge in [0.05, 0.1) is 6.10 Å². The minimum Gasteiger partial charge on any atom is -0.491 e. The number of rotatable bonds is 7. The Bertz CT molecular complexity index is 450. The monoisotopic (exact) mass is 293 g/mol. The van der Waals surface area contributed by atoms with Crippen molar-refractivity contribution in [3.63, 3.8) is 0 Å². The summed E-state index contributed by atoms with van der Waals surface area (Å²) >= 11 is 0. The Kier molecular flexibility index (Phi) is 6.03. The summed E-state index contributed by atoms with van der Waals surface area (Å²) in [7, 11) is 1.76. The molecule has 0 bridgehead atoms. The molecule has 4 nitrogen and oxygen atoms in total. The van der Waals surface area contributed by atoms with Crippen LogP contribution in [-0.4, -0.2) is 43.6 Å². The number of aliphatic hydroxyl groups is 1. The van der Waals surface area contributed by atoms with E-state index < -0.39 is 6.10 Å². The Morgan fingerprint density at radius 1 is 1.33 bits per heavy atom. The zero-order chi connectivity index (χ0) is 15.2. The van der Waals surface area contributed by atoms with Crippen LogP contribution >= 0.6 is 0 Å². The average Bonchev–Trinajstić information content (AvgIpc) is 2.92. The molecular weight excluding hydrogens is 266 g/mol. The number of ether oxygens (including phenoxy) is 2. The minimum atomic E-state index is -0.493. The highest BCUT2D eigenvalue weighted by atomic mass is 16.5. The van der Waals surface area contributed by atoms with Gasteiger partial charge in [-0.15, -0.1) is 0 Å². The number of hydrogen-bond acceptors (Lipinski definition) is 4. The molecule has 0 aliphatic heterocycles. The van der Waals surface area contributed by atoms with Gasteiger partial charge in [-0.05, 0) is 44.7 Å². The third-order valence-corrected chi connectivity index (χ3v) is 4.12. The molecule has 0 heterocycles. The van der Waals surface area contributed by atoms with Crippen molar-refractivity contribution in [2.45, 2.75) is 51.4 Å². The minimum absolute atomic E-state index is 0.317. The first kappa shape index (κ1) is 16.3. The predicted molar refractivity (Wildman–Crippen MR) is 83.9 cm³/mol. The topological polar surface area (TPSA) is 50.7 Å². The number of aryl methyl sites for hydroxylation is 2. The zero-order valence-electron chi connectivity index (χ0n) is 13.3. The van der Waals surface area contributed by atoms with Crippen molar-refractivity contribution >= 4 is 0 Å². The first-order chi connectivity index (χ1) is 10.1. The van der Waals surface area contributed by atoms with Crippen molar-refractivity contribution < 1.29 is 14.6 Å². The molecule has 21 heavy (non-hydrogen) atoms. The second-order valence-electron chi connectivity index (χ2n) is 6.01. The molecule has 0 saturated heterocycles. The molecule has 1 saturated carbocycles. The highest BCUT2D eigenvalue weighted by Gasteiger charge is 2.24. The Balaban J connectivity index is 1.69. The maximum Gasteiger partial charge on any atom is 0.122 e. The quantitative estimate of drug-likeness (QED) is 0.809. The molecular formula is C17H27NO3. The fourth-order valence-electron chi connectivity index (χ4n) is 2.85. The lowest BCUT2D eigenvalue weighted by molar-refractivity contribution is 0.0964. The predicted octanol–water partition coefficient (Wildman–Crippen LogP) is 2.20. The Morgan fingerprint density at radius 2 is 2.14 bits per heavy atom. The summed E-state index contributed by atoms with van der Waals surface area (Å²) in [6.45, 7) is 4.96. The van der Waals surface area contributed by atoms with Crippen molar-refractivity contribution in [2.24, 2.45) is 0 Å². The molecule has 1 aliphatic rings. The largest absolute Gasteiger partial charge is 0.491 e. The van der Waals surface area contributed by atoms with Crippen LogP contribution < -0.4 is 10.1 Å². The van der Waals surface area contributed by atoms with Crippen molar-refractivity contribution in [3.05, 3.63) is 29.3 Å². The summed E-state index contributed by atoms with van der Waals surface area (Å²) in [6.07, 6.45) is 3.12. The number of methoxy groups -OCH3 is 1. The summed E-state index contributed by atoms with van der Waals surface area (Å²) in [4.78, 5) is 0. The number of hydrogen-bond donors (Lipinski definition) is 2. The van der Waals surface area contributed by atoms with E-state index in [0.717, 1.165) is 30.6 Å². The first-order valence-corrected chi connectivity index (χ1v) is 7.72. The van der Waals surface area contributed by atoms with E-state index in [1.807, 2.05) is 19.1 Å². The molecule has 2 N–H and O–H groups in total. The summed E-state index contributed by atoms with van der Waals surface area (Å²) in [5, 5.41) is 13.4. The molecule has 0 aromatic heterocycles. The number of benzene rings is 1. The molecule has 3 atom stereocenters. The smallest absolute Gasteiger partial charge is 0.122 e. The molecule has 0 spiro atoms. The van der Waals surface area contributed by atoms with Gasteiger partial charge >= 0.3 is 0 Å². The Morgan fingerprint density at radius 3 is 2.81 bits per heavy atom. The maximum atomic E-state index is 10.0. The van der Waals surface area contributed by atoms with E-state index >= 15 is 0 Å². The van der Waals surface area contributed by atoms with Gasteiger partial charge in [0.25, 0.3) is 0 Å². The molecule has 1 aromatic carbocycles. The molecule has 0 radical (unpaired) electrons. The summed E-state index contributed by atoms with van der Waals surface area (Å²) in [6, 6.07) is 6.52. The normalized spacial score (nSPS) is 23.2. The maximum absolute atomic E-state index is 10.0. The van der Waals surface area contributed by atoms with Crippen molar-refractivity contribution in [1.82, 2.24) is 5.32 Å². The lowest BCUT2D eigenvalue weighted by atomic mass is 10.1. The van der Waals surface area contributed by atoms with E-state index in [0.29, 0.717) is 25.3 Å². The van der Waals surface area contributed by atoms with Crippen molar-refractivity contribution in [2.75, 3.05) is 20.3 Å². The van der Waals surface area contributed by atoms with E-state index in [-0.39, 0.29) is 0 Å². The molecule has 118 valence electrons. The molecule has 3 unspecified atom stereocenters. The van der Waals surface area contributed by atoms with E-state index in [1.165, 1.54) is 5.56 Å². The summed E-state index contributed by atoms with van der Waals surface area (Å²) in [5.74, 6) is 0.847. The van der Waals surface area contributed by atoms with E-state index in [1.54, 1.807) is 7.11 Å². The highest BCUT2D eigenvalue weighted by molar-refractivity contribution is 5.35. The van der Waals surface area contributed by atoms with Gasteiger partial charge in [0.1, 0.15) is 18.5 Å². The molecule has 1 fully saturated rings. The van der Waals surface area contributed by atoms with Crippen LogP contribution in [0.15, 0.2) is 18.2 Å². The standard InChI is InChI=1S/C17H27NO3/c1-12-4-7-17(13(2)8-12)21-11-15(19)10-18-14-5-6-16(9-14)20-3/h4,7-8,14-16,18-19H,5-6,9-11H2,1-3H3. The molecule has 1 aliphatic carbocycles. The van der Waals surface area contributed by atoms with Crippen LogP contribution in [0.3, 0.4) is 0 Å². The van der Waals surface area contributed by atoms with Gasteiger partial charge in [-0.25, -0.2) is 0 Å². The van der Waals surface area contributed by atoms with E-state index in [2.05, 4.69) is 18.3 Å². The number of nitrogens with one attached hydrogen (secondary N) is 1. The zero-order valence-corrected chi connectivity index (χ0v) is 13.3. The van der Waals surface area contributed by atoms with Crippen molar-refractivity contribution in [1.29, 1.82) is 0 Å². The van der Waals surface area contributed by atoms with Gasteiger partial charge in [0.15, 0.2) is 0 Å². The van der Waals surface area contributed by atoms with Crippen LogP contribution in [0.4, 0.5) is 0 Å². The fraction of sp³-hybridized carbons (Fsp3) is 0.647. The second kappa shape index (κ2) is 7.78. The summed E-state index contributed by atoms with van der Waals surface area (Å²) in [5.41, 5.74) is 2.32. The molecule has 2 rings (SSSR count). The van der Waals surface area contributed by atoms with Gasteiger partial charge in [-0.2, -0.15) is 0 Å². The van der Waals surface area contributed by atoms with Crippen LogP contribution in [0.25, 0.3) is 0 Å². The first-order valence-electron chi connectivity index (χ1n) is 7.72. The van der Waals surface area contributed by atoms with E-state index in [9.17, 15) is 5.11 Å². The lowest BCUT2D eigenvalue weighted by Gasteiger charge is -2.18. The SMILES string of the molecule is COC1CCC(NCC(O)COc2ccc(C)cc2C)C1. The summed E-state index contributed by atoms with van der Waals surface area (Å²) < 4.78 is 11.0. The number of aliphatic hydroxyl groups excluding tert-OH is 1. The molecule has 1 aromatic rings. The Hall–Kier alpha value is -1.10. The van der Waals surface area contributed by atoms with Crippen LogP contribution in [0.2, 0.25) is 0 Å². The second-order valence-corrected chi connectivity index (χ2v) is 6.01. The van der Waals surface area contributed by atoms with E-state index in [4.69, 9.17) is 9.47 Å². The Labute approximate surface area is 127 Å². The fourth-order valence-corrected chi connectivity index (χ4v) is 2.85. The lowest BCUT2D eigenvalue weighted by Crippen LogP contribution is -2.37. The highest BCUT2D eigenvalue weighted by Crippen LogP contribution is 2.21. The van der Waals surface area contributed by atoms with Gasteiger partial charge < -0.3 is 19.9 Å². The average molecular weight is 293 g/mol. The van der Waals surface area contributed by atoms with Crippen LogP contribution in [0.5, 0.6) is 5.75 Å². The van der Waals surface area contributed by atoms with Crippen LogP contribution in [-0.2, 0) is 4.74 Å². The van der Waals surface area contributed by atoms with Crippen LogP contribution in [0.1, 0.15) is 30.4 Å². The third kappa shape index (κ3) is 4.99.